The maximum absolute atomic E-state index is 12.7. The van der Waals surface area contributed by atoms with Crippen molar-refractivity contribution in [3.63, 3.8) is 0 Å². The second-order valence-electron chi connectivity index (χ2n) is 7.76. The smallest absolute Gasteiger partial charge is 0.251 e. The van der Waals surface area contributed by atoms with Gasteiger partial charge in [0.2, 0.25) is 0 Å². The van der Waals surface area contributed by atoms with E-state index in [1.54, 1.807) is 24.3 Å². The van der Waals surface area contributed by atoms with Crippen LogP contribution in [0.15, 0.2) is 42.5 Å². The summed E-state index contributed by atoms with van der Waals surface area (Å²) in [6.07, 6.45) is 2.81. The van der Waals surface area contributed by atoms with Crippen LogP contribution in [0.3, 0.4) is 0 Å². The molecule has 2 atom stereocenters. The first kappa shape index (κ1) is 18.5. The van der Waals surface area contributed by atoms with Crippen molar-refractivity contribution in [2.75, 3.05) is 24.5 Å². The lowest BCUT2D eigenvalue weighted by atomic mass is 9.86. The van der Waals surface area contributed by atoms with Crippen LogP contribution in [-0.4, -0.2) is 37.6 Å². The summed E-state index contributed by atoms with van der Waals surface area (Å²) in [5, 5.41) is 15.6. The van der Waals surface area contributed by atoms with Crippen LogP contribution in [0, 0.1) is 11.3 Å². The number of nitrogens with zero attached hydrogens (tertiary/aromatic N) is 2. The molecule has 1 amide bonds. The van der Waals surface area contributed by atoms with E-state index in [4.69, 9.17) is 5.26 Å². The van der Waals surface area contributed by atoms with Gasteiger partial charge in [-0.3, -0.25) is 4.79 Å². The lowest BCUT2D eigenvalue weighted by molar-refractivity contribution is 0.0933. The zero-order chi connectivity index (χ0) is 19.5. The Kier molecular flexibility index (Phi) is 5.31. The van der Waals surface area contributed by atoms with E-state index in [-0.39, 0.29) is 11.9 Å². The molecule has 2 N–H and O–H groups in total. The predicted octanol–water partition coefficient (Wildman–Crippen LogP) is 2.64. The fourth-order valence-corrected chi connectivity index (χ4v) is 4.33. The van der Waals surface area contributed by atoms with Gasteiger partial charge in [-0.2, -0.15) is 5.26 Å². The Bertz CT molecular complexity index is 900. The molecule has 0 aromatic heterocycles. The fraction of sp³-hybridized carbons (Fsp3) is 0.391. The van der Waals surface area contributed by atoms with Crippen LogP contribution in [-0.2, 0) is 12.8 Å². The highest BCUT2D eigenvalue weighted by Gasteiger charge is 2.27. The fourth-order valence-electron chi connectivity index (χ4n) is 4.33. The number of nitriles is 1. The van der Waals surface area contributed by atoms with Gasteiger partial charge >= 0.3 is 0 Å². The van der Waals surface area contributed by atoms with Gasteiger partial charge in [0.05, 0.1) is 11.6 Å². The summed E-state index contributed by atoms with van der Waals surface area (Å²) >= 11 is 0. The maximum atomic E-state index is 12.7. The first-order valence-electron chi connectivity index (χ1n) is 10.0. The van der Waals surface area contributed by atoms with Gasteiger partial charge in [-0.1, -0.05) is 12.1 Å². The van der Waals surface area contributed by atoms with Crippen LogP contribution in [0.1, 0.15) is 40.4 Å². The van der Waals surface area contributed by atoms with E-state index in [0.717, 1.165) is 38.9 Å². The Hall–Kier alpha value is -2.84. The van der Waals surface area contributed by atoms with Gasteiger partial charge in [-0.15, -0.1) is 0 Å². The molecule has 0 saturated carbocycles. The van der Waals surface area contributed by atoms with E-state index in [1.807, 2.05) is 0 Å². The highest BCUT2D eigenvalue weighted by atomic mass is 16.1. The minimum Gasteiger partial charge on any atom is -0.366 e. The van der Waals surface area contributed by atoms with Crippen molar-refractivity contribution in [3.05, 3.63) is 64.7 Å². The number of rotatable bonds is 3. The minimum atomic E-state index is -0.0639. The van der Waals surface area contributed by atoms with Crippen LogP contribution in [0.2, 0.25) is 0 Å². The van der Waals surface area contributed by atoms with E-state index in [9.17, 15) is 4.79 Å². The largest absolute Gasteiger partial charge is 0.366 e. The molecule has 2 aromatic carbocycles. The van der Waals surface area contributed by atoms with Crippen LogP contribution in [0.25, 0.3) is 0 Å². The third kappa shape index (κ3) is 3.74. The molecule has 5 nitrogen and oxygen atoms in total. The summed E-state index contributed by atoms with van der Waals surface area (Å²) in [7, 11) is 0. The third-order valence-electron chi connectivity index (χ3n) is 5.88. The molecule has 28 heavy (non-hydrogen) atoms. The molecule has 2 aliphatic rings. The molecular weight excluding hydrogens is 348 g/mol. The van der Waals surface area contributed by atoms with Crippen molar-refractivity contribution in [3.8, 4) is 6.07 Å². The Morgan fingerprint density at radius 1 is 1.25 bits per heavy atom. The number of hydrogen-bond donors (Lipinski definition) is 2. The minimum absolute atomic E-state index is 0.0639. The number of anilines is 1. The van der Waals surface area contributed by atoms with Crippen molar-refractivity contribution < 1.29 is 4.79 Å². The molecule has 5 heteroatoms. The maximum Gasteiger partial charge on any atom is 0.251 e. The normalized spacial score (nSPS) is 21.5. The van der Waals surface area contributed by atoms with E-state index in [0.29, 0.717) is 17.2 Å². The topological polar surface area (TPSA) is 68.2 Å². The van der Waals surface area contributed by atoms with Gasteiger partial charge in [-0.25, -0.2) is 0 Å². The van der Waals surface area contributed by atoms with Crippen molar-refractivity contribution in [2.24, 2.45) is 0 Å². The summed E-state index contributed by atoms with van der Waals surface area (Å²) < 4.78 is 0. The summed E-state index contributed by atoms with van der Waals surface area (Å²) in [4.78, 5) is 15.2. The number of nitrogens with one attached hydrogen (secondary N) is 2. The van der Waals surface area contributed by atoms with Gasteiger partial charge in [0, 0.05) is 43.0 Å². The van der Waals surface area contributed by atoms with Gasteiger partial charge in [0.15, 0.2) is 0 Å². The molecule has 0 radical (unpaired) electrons. The van der Waals surface area contributed by atoms with Gasteiger partial charge in [0.25, 0.3) is 5.91 Å². The van der Waals surface area contributed by atoms with Gasteiger partial charge in [-0.05, 0) is 67.6 Å². The van der Waals surface area contributed by atoms with Gasteiger partial charge < -0.3 is 15.5 Å². The van der Waals surface area contributed by atoms with Crippen molar-refractivity contribution in [2.45, 2.75) is 38.3 Å². The zero-order valence-corrected chi connectivity index (χ0v) is 16.2. The Morgan fingerprint density at radius 2 is 2.07 bits per heavy atom. The molecule has 144 valence electrons. The van der Waals surface area contributed by atoms with Gasteiger partial charge in [0.1, 0.15) is 0 Å². The van der Waals surface area contributed by atoms with E-state index < -0.39 is 0 Å². The summed E-state index contributed by atoms with van der Waals surface area (Å²) in [5.74, 6) is -0.0639. The quantitative estimate of drug-likeness (QED) is 0.867. The zero-order valence-electron chi connectivity index (χ0n) is 16.2. The average Bonchev–Trinajstić information content (AvgIpc) is 2.74. The SMILES string of the molecule is CC1CNCCN1c1cccc2c1C[C@H](NC(=O)c1ccc(C#N)cc1)CC2. The summed E-state index contributed by atoms with van der Waals surface area (Å²) in [6.45, 7) is 5.29. The van der Waals surface area contributed by atoms with Crippen molar-refractivity contribution in [1.82, 2.24) is 10.6 Å². The molecule has 4 rings (SSSR count). The Balaban J connectivity index is 1.51. The predicted molar refractivity (Wildman–Crippen MR) is 111 cm³/mol. The number of benzene rings is 2. The first-order valence-corrected chi connectivity index (χ1v) is 10.0. The van der Waals surface area contributed by atoms with Crippen LogP contribution < -0.4 is 15.5 Å². The number of amides is 1. The number of carbonyl (C=O) groups excluding carboxylic acids is 1. The lowest BCUT2D eigenvalue weighted by Crippen LogP contribution is -2.50. The molecule has 1 aliphatic heterocycles. The van der Waals surface area contributed by atoms with E-state index in [2.05, 4.69) is 46.7 Å². The Morgan fingerprint density at radius 3 is 2.82 bits per heavy atom. The van der Waals surface area contributed by atoms with E-state index in [1.165, 1.54) is 16.8 Å². The third-order valence-corrected chi connectivity index (χ3v) is 5.88. The second kappa shape index (κ2) is 8.04. The van der Waals surface area contributed by atoms with Crippen LogP contribution in [0.5, 0.6) is 0 Å². The van der Waals surface area contributed by atoms with Crippen LogP contribution >= 0.6 is 0 Å². The number of aryl methyl sites for hydroxylation is 1. The molecule has 1 heterocycles. The number of piperazine rings is 1. The average molecular weight is 374 g/mol. The number of hydrogen-bond acceptors (Lipinski definition) is 4. The number of carbonyl (C=O) groups is 1. The van der Waals surface area contributed by atoms with E-state index >= 15 is 0 Å². The Labute approximate surface area is 166 Å². The standard InChI is InChI=1S/C23H26N4O/c1-16-15-25-11-12-27(16)22-4-2-3-18-9-10-20(13-21(18)22)26-23(28)19-7-5-17(14-24)6-8-19/h2-8,16,20,25H,9-13,15H2,1H3,(H,26,28)/t16?,20-/m1/s1. The monoisotopic (exact) mass is 374 g/mol. The summed E-state index contributed by atoms with van der Waals surface area (Å²) in [5.41, 5.74) is 5.29. The molecule has 0 bridgehead atoms. The number of fused-ring (bicyclic) bond motifs is 1. The molecule has 2 aromatic rings. The molecule has 1 unspecified atom stereocenters. The summed E-state index contributed by atoms with van der Waals surface area (Å²) in [6, 6.07) is 16.1. The molecular formula is C23H26N4O. The molecule has 1 fully saturated rings. The first-order chi connectivity index (χ1) is 13.7. The van der Waals surface area contributed by atoms with Crippen molar-refractivity contribution >= 4 is 11.6 Å². The highest BCUT2D eigenvalue weighted by Crippen LogP contribution is 2.32. The lowest BCUT2D eigenvalue weighted by Gasteiger charge is -2.39. The molecule has 1 saturated heterocycles. The molecule has 1 aliphatic carbocycles. The molecule has 0 spiro atoms. The van der Waals surface area contributed by atoms with Crippen molar-refractivity contribution in [1.29, 1.82) is 5.26 Å². The second-order valence-corrected chi connectivity index (χ2v) is 7.76. The van der Waals surface area contributed by atoms with Crippen LogP contribution in [0.4, 0.5) is 5.69 Å². The highest BCUT2D eigenvalue weighted by molar-refractivity contribution is 5.94.